The molecule has 1 amide bonds. The van der Waals surface area contributed by atoms with Crippen LogP contribution in [0.1, 0.15) is 16.8 Å². The van der Waals surface area contributed by atoms with Gasteiger partial charge in [0.25, 0.3) is 5.91 Å². The number of carbonyl (C=O) groups is 1. The van der Waals surface area contributed by atoms with Crippen LogP contribution in [0.15, 0.2) is 35.5 Å². The van der Waals surface area contributed by atoms with Crippen molar-refractivity contribution in [1.29, 1.82) is 0 Å². The van der Waals surface area contributed by atoms with Crippen LogP contribution in [0, 0.1) is 0 Å². The van der Waals surface area contributed by atoms with Crippen LogP contribution in [0.2, 0.25) is 0 Å². The first-order valence-corrected chi connectivity index (χ1v) is 13.4. The van der Waals surface area contributed by atoms with E-state index in [1.807, 2.05) is 6.26 Å². The van der Waals surface area contributed by atoms with Crippen molar-refractivity contribution in [3.8, 4) is 0 Å². The maximum atomic E-state index is 13.5. The highest BCUT2D eigenvalue weighted by Crippen LogP contribution is 2.37. The van der Waals surface area contributed by atoms with Gasteiger partial charge < -0.3 is 26.0 Å². The predicted octanol–water partition coefficient (Wildman–Crippen LogP) is -1.45. The minimum atomic E-state index is -2.63. The number of benzene rings is 1. The fourth-order valence-electron chi connectivity index (χ4n) is 3.77. The molecular weight excluding hydrogens is 510 g/mol. The van der Waals surface area contributed by atoms with Gasteiger partial charge in [-0.05, 0) is 46.9 Å². The van der Waals surface area contributed by atoms with E-state index in [2.05, 4.69) is 30.9 Å². The van der Waals surface area contributed by atoms with E-state index < -0.39 is 27.5 Å². The van der Waals surface area contributed by atoms with E-state index >= 15 is 0 Å². The average molecular weight is 528 g/mol. The number of rotatable bonds is 8. The number of aliphatic hydroxyl groups is 1. The Morgan fingerprint density at radius 2 is 1.74 bits per heavy atom. The van der Waals surface area contributed by atoms with Crippen molar-refractivity contribution in [3.05, 3.63) is 36.2 Å². The quantitative estimate of drug-likeness (QED) is 0.159. The molecule has 1 saturated heterocycles. The van der Waals surface area contributed by atoms with Crippen molar-refractivity contribution in [2.75, 3.05) is 30.0 Å². The summed E-state index contributed by atoms with van der Waals surface area (Å²) in [5, 5.41) is 12.7. The number of hydrogen-bond acceptors (Lipinski definition) is 10. The number of carbonyl (C=O) groups excluding carboxylic acids is 1. The Kier molecular flexibility index (Phi) is 8.02. The minimum absolute atomic E-state index is 0.0958. The predicted molar refractivity (Wildman–Crippen MR) is 158 cm³/mol. The van der Waals surface area contributed by atoms with Gasteiger partial charge in [-0.2, -0.15) is 0 Å². The van der Waals surface area contributed by atoms with Gasteiger partial charge >= 0.3 is 0 Å². The highest BCUT2D eigenvalue weighted by Gasteiger charge is 2.58. The van der Waals surface area contributed by atoms with Crippen LogP contribution < -0.4 is 16.0 Å². The van der Waals surface area contributed by atoms with Crippen molar-refractivity contribution < 1.29 is 9.90 Å². The van der Waals surface area contributed by atoms with Crippen LogP contribution in [-0.4, -0.2) is 127 Å². The molecule has 1 unspecified atom stereocenters. The van der Waals surface area contributed by atoms with Crippen molar-refractivity contribution in [2.24, 2.45) is 0 Å². The highest BCUT2D eigenvalue weighted by molar-refractivity contribution is 7.98. The molecular formula is C20H18B7N7O2S2. The molecule has 4 rings (SSSR count). The zero-order valence-electron chi connectivity index (χ0n) is 20.5. The molecule has 9 nitrogen and oxygen atoms in total. The van der Waals surface area contributed by atoms with Gasteiger partial charge in [0.05, 0.1) is 62.9 Å². The van der Waals surface area contributed by atoms with Gasteiger partial charge in [0, 0.05) is 35.9 Å². The number of thiazole rings is 1. The molecule has 0 spiro atoms. The van der Waals surface area contributed by atoms with Crippen LogP contribution in [0.4, 0.5) is 11.1 Å². The van der Waals surface area contributed by atoms with Gasteiger partial charge in [0.1, 0.15) is 7.85 Å². The summed E-state index contributed by atoms with van der Waals surface area (Å²) in [6, 6.07) is 4.69. The zero-order chi connectivity index (χ0) is 27.9. The van der Waals surface area contributed by atoms with Gasteiger partial charge in [-0.1, -0.05) is 11.3 Å². The normalized spacial score (nSPS) is 21.7. The molecule has 1 aliphatic rings. The molecule has 14 radical (unpaired) electrons. The maximum Gasteiger partial charge on any atom is 0.252 e. The third kappa shape index (κ3) is 5.37. The molecule has 2 aromatic heterocycles. The average Bonchev–Trinajstić information content (AvgIpc) is 3.24. The van der Waals surface area contributed by atoms with Crippen molar-refractivity contribution in [3.63, 3.8) is 0 Å². The summed E-state index contributed by atoms with van der Waals surface area (Å²) < 4.78 is 0.683. The first-order chi connectivity index (χ1) is 17.7. The lowest BCUT2D eigenvalue weighted by atomic mass is 9.31. The number of aromatic nitrogens is 3. The van der Waals surface area contributed by atoms with Crippen LogP contribution >= 0.6 is 23.1 Å². The zero-order valence-corrected chi connectivity index (χ0v) is 22.1. The number of nitrogens with one attached hydrogen (secondary N) is 3. The molecule has 38 heavy (non-hydrogen) atoms. The van der Waals surface area contributed by atoms with Gasteiger partial charge in [-0.15, -0.1) is 11.8 Å². The summed E-state index contributed by atoms with van der Waals surface area (Å²) in [5.74, 6) is -0.286. The van der Waals surface area contributed by atoms with E-state index in [0.29, 0.717) is 39.3 Å². The SMILES string of the molecule is [B]C1([B])NC([B])(O)C([B])([B])N(C(=O)c2ccc3nc(NCCCNc4ncc(SC)cn4)sc3c2)C1([B])[B]. The largest absolute Gasteiger partial charge is 0.384 e. The molecule has 0 aliphatic carbocycles. The third-order valence-corrected chi connectivity index (χ3v) is 7.68. The van der Waals surface area contributed by atoms with E-state index in [1.165, 1.54) is 17.4 Å². The monoisotopic (exact) mass is 529 g/mol. The molecule has 0 saturated carbocycles. The Morgan fingerprint density at radius 1 is 1.08 bits per heavy atom. The van der Waals surface area contributed by atoms with E-state index in [0.717, 1.165) is 11.3 Å². The minimum Gasteiger partial charge on any atom is -0.384 e. The van der Waals surface area contributed by atoms with Crippen molar-refractivity contribution in [1.82, 2.24) is 25.2 Å². The summed E-state index contributed by atoms with van der Waals surface area (Å²) >= 11 is 2.91. The second-order valence-electron chi connectivity index (χ2n) is 8.91. The fraction of sp³-hybridized carbons (Fsp3) is 0.400. The van der Waals surface area contributed by atoms with Crippen molar-refractivity contribution in [2.45, 2.75) is 33.0 Å². The van der Waals surface area contributed by atoms with Gasteiger partial charge in [-0.3, -0.25) is 4.79 Å². The number of nitrogens with zero attached hydrogens (tertiary/aromatic N) is 4. The number of anilines is 2. The molecule has 1 atom stereocenters. The Labute approximate surface area is 238 Å². The molecule has 1 fully saturated rings. The van der Waals surface area contributed by atoms with Gasteiger partial charge in [-0.25, -0.2) is 15.0 Å². The van der Waals surface area contributed by atoms with Gasteiger partial charge in [0.2, 0.25) is 5.95 Å². The standard InChI is InChI=1S/C20H18B7N7O2S2/c1-37-11-8-30-15(31-9-11)28-5-2-6-29-16-32-12-4-3-10(7-13(12)38-16)14(35)34-18(23,24)17(21,22)33-20(27,36)19(34,25)26/h3-4,7-9,33,36H,2,5-6H2,1H3,(H,29,32)(H,28,30,31). The first-order valence-electron chi connectivity index (χ1n) is 11.3. The highest BCUT2D eigenvalue weighted by atomic mass is 32.2. The second-order valence-corrected chi connectivity index (χ2v) is 10.8. The lowest BCUT2D eigenvalue weighted by Crippen LogP contribution is -2.91. The number of hydrogen-bond donors (Lipinski definition) is 4. The number of piperazine rings is 1. The van der Waals surface area contributed by atoms with Crippen LogP contribution in [0.3, 0.4) is 0 Å². The molecule has 1 aromatic carbocycles. The number of thioether (sulfide) groups is 1. The molecule has 4 N–H and O–H groups in total. The molecule has 3 aromatic rings. The Hall–Kier alpha value is -2.02. The Bertz CT molecular complexity index is 1300. The maximum absolute atomic E-state index is 13.5. The first kappa shape index (κ1) is 29.0. The van der Waals surface area contributed by atoms with Gasteiger partial charge in [0.15, 0.2) is 5.13 Å². The van der Waals surface area contributed by atoms with Crippen molar-refractivity contribution >= 4 is 105 Å². The molecule has 3 heterocycles. The van der Waals surface area contributed by atoms with E-state index in [9.17, 15) is 9.90 Å². The number of fused-ring (bicyclic) bond motifs is 1. The van der Waals surface area contributed by atoms with Crippen LogP contribution in [0.5, 0.6) is 0 Å². The van der Waals surface area contributed by atoms with E-state index in [4.69, 9.17) is 54.9 Å². The Morgan fingerprint density at radius 3 is 2.39 bits per heavy atom. The Balaban J connectivity index is 1.44. The molecule has 0 bridgehead atoms. The van der Waals surface area contributed by atoms with Crippen LogP contribution in [0.25, 0.3) is 10.2 Å². The summed E-state index contributed by atoms with van der Waals surface area (Å²) in [4.78, 5) is 28.1. The summed E-state index contributed by atoms with van der Waals surface area (Å²) in [6.07, 6.45) is 6.27. The smallest absolute Gasteiger partial charge is 0.252 e. The summed E-state index contributed by atoms with van der Waals surface area (Å²) in [7, 11) is 41.8. The fourth-order valence-corrected chi connectivity index (χ4v) is 5.02. The molecule has 1 aliphatic heterocycles. The lowest BCUT2D eigenvalue weighted by Gasteiger charge is -2.69. The third-order valence-electron chi connectivity index (χ3n) is 6.03. The summed E-state index contributed by atoms with van der Waals surface area (Å²) in [6.45, 7) is 1.30. The summed E-state index contributed by atoms with van der Waals surface area (Å²) in [5.41, 5.74) is -1.88. The lowest BCUT2D eigenvalue weighted by molar-refractivity contribution is -0.0447. The topological polar surface area (TPSA) is 115 Å². The second kappa shape index (κ2) is 10.5. The van der Waals surface area contributed by atoms with E-state index in [-0.39, 0.29) is 5.56 Å². The molecule has 18 heteroatoms. The molecule has 178 valence electrons. The van der Waals surface area contributed by atoms with E-state index in [1.54, 1.807) is 36.3 Å². The number of amides is 1. The van der Waals surface area contributed by atoms with Crippen LogP contribution in [-0.2, 0) is 0 Å².